The van der Waals surface area contributed by atoms with Gasteiger partial charge < -0.3 is 0 Å². The summed E-state index contributed by atoms with van der Waals surface area (Å²) in [5, 5.41) is 0. The zero-order chi connectivity index (χ0) is 9.19. The summed E-state index contributed by atoms with van der Waals surface area (Å²) in [6, 6.07) is 2.96. The highest BCUT2D eigenvalue weighted by atomic mass is 35.8. The number of rotatable bonds is 2. The SMILES string of the molecule is CC(c1ccccn1)[Si](Cl)(Cl)Cl. The highest BCUT2D eigenvalue weighted by Crippen LogP contribution is 2.34. The van der Waals surface area contributed by atoms with Gasteiger partial charge in [0.05, 0.1) is 0 Å². The van der Waals surface area contributed by atoms with Gasteiger partial charge in [-0.25, -0.2) is 0 Å². The number of hydrogen-bond donors (Lipinski definition) is 0. The van der Waals surface area contributed by atoms with Crippen LogP contribution in [0.5, 0.6) is 0 Å². The maximum atomic E-state index is 5.85. The van der Waals surface area contributed by atoms with Crippen molar-refractivity contribution in [2.75, 3.05) is 0 Å². The molecule has 0 aliphatic carbocycles. The van der Waals surface area contributed by atoms with Crippen LogP contribution in [0.2, 0.25) is 0 Å². The Kier molecular flexibility index (Phi) is 3.41. The van der Waals surface area contributed by atoms with Gasteiger partial charge in [0.2, 0.25) is 0 Å². The van der Waals surface area contributed by atoms with Crippen LogP contribution < -0.4 is 0 Å². The van der Waals surface area contributed by atoms with Crippen LogP contribution in [0, 0.1) is 0 Å². The van der Waals surface area contributed by atoms with E-state index in [0.717, 1.165) is 5.69 Å². The molecule has 1 heterocycles. The molecule has 0 radical (unpaired) electrons. The monoisotopic (exact) mass is 239 g/mol. The smallest absolute Gasteiger partial charge is 0.261 e. The molecular weight excluding hydrogens is 233 g/mol. The maximum absolute atomic E-state index is 5.85. The number of halogens is 3. The van der Waals surface area contributed by atoms with E-state index in [9.17, 15) is 0 Å². The third-order valence-corrected chi connectivity index (χ3v) is 5.85. The minimum Gasteiger partial charge on any atom is -0.261 e. The van der Waals surface area contributed by atoms with Crippen LogP contribution in [0.25, 0.3) is 0 Å². The quantitative estimate of drug-likeness (QED) is 0.570. The van der Waals surface area contributed by atoms with E-state index in [-0.39, 0.29) is 5.54 Å². The van der Waals surface area contributed by atoms with Crippen LogP contribution in [0.4, 0.5) is 0 Å². The molecule has 1 nitrogen and oxygen atoms in total. The average Bonchev–Trinajstić information content (AvgIpc) is 2.03. The fourth-order valence-corrected chi connectivity index (χ4v) is 2.31. The van der Waals surface area contributed by atoms with Gasteiger partial charge in [-0.15, -0.1) is 33.2 Å². The molecule has 0 amide bonds. The first kappa shape index (κ1) is 10.3. The molecule has 0 N–H and O–H groups in total. The van der Waals surface area contributed by atoms with E-state index in [1.165, 1.54) is 0 Å². The van der Waals surface area contributed by atoms with Gasteiger partial charge in [0.25, 0.3) is 0 Å². The standard InChI is InChI=1S/C7H8Cl3NSi/c1-6(12(8,9)10)7-4-2-3-5-11-7/h2-6H,1H3. The van der Waals surface area contributed by atoms with E-state index in [4.69, 9.17) is 33.2 Å². The maximum Gasteiger partial charge on any atom is 0.349 e. The predicted octanol–water partition coefficient (Wildman–Crippen LogP) is 3.38. The molecular formula is C7H8Cl3NSi. The third-order valence-electron chi connectivity index (χ3n) is 1.62. The molecule has 1 unspecified atom stereocenters. The fourth-order valence-electron chi connectivity index (χ4n) is 0.800. The summed E-state index contributed by atoms with van der Waals surface area (Å²) >= 11 is 17.5. The lowest BCUT2D eigenvalue weighted by Crippen LogP contribution is -2.21. The van der Waals surface area contributed by atoms with Gasteiger partial charge in [-0.05, 0) is 12.1 Å². The summed E-state index contributed by atoms with van der Waals surface area (Å²) < 4.78 is 0. The van der Waals surface area contributed by atoms with E-state index < -0.39 is 6.00 Å². The molecule has 12 heavy (non-hydrogen) atoms. The summed E-state index contributed by atoms with van der Waals surface area (Å²) in [6.45, 7) is 1.89. The Bertz CT molecular complexity index is 247. The Morgan fingerprint density at radius 3 is 2.42 bits per heavy atom. The molecule has 0 spiro atoms. The van der Waals surface area contributed by atoms with Crippen LogP contribution in [0.15, 0.2) is 24.4 Å². The van der Waals surface area contributed by atoms with Crippen molar-refractivity contribution in [1.82, 2.24) is 4.98 Å². The van der Waals surface area contributed by atoms with Gasteiger partial charge in [-0.3, -0.25) is 4.98 Å². The first-order valence-electron chi connectivity index (χ1n) is 3.49. The molecule has 0 aromatic carbocycles. The average molecular weight is 241 g/mol. The first-order chi connectivity index (χ1) is 5.52. The Hall–Kier alpha value is 0.237. The van der Waals surface area contributed by atoms with Crippen LogP contribution in [0.3, 0.4) is 0 Å². The Balaban J connectivity index is 2.86. The van der Waals surface area contributed by atoms with Crippen molar-refractivity contribution in [3.8, 4) is 0 Å². The lowest BCUT2D eigenvalue weighted by atomic mass is 10.3. The van der Waals surface area contributed by atoms with E-state index >= 15 is 0 Å². The van der Waals surface area contributed by atoms with Crippen LogP contribution >= 0.6 is 33.2 Å². The number of pyridine rings is 1. The number of aromatic nitrogens is 1. The minimum absolute atomic E-state index is 0.0521. The van der Waals surface area contributed by atoms with Gasteiger partial charge in [0.1, 0.15) is 0 Å². The second-order valence-corrected chi connectivity index (χ2v) is 11.6. The van der Waals surface area contributed by atoms with Gasteiger partial charge in [-0.1, -0.05) is 13.0 Å². The summed E-state index contributed by atoms with van der Waals surface area (Å²) in [5.41, 5.74) is 0.799. The molecule has 0 aliphatic heterocycles. The molecule has 1 aromatic rings. The van der Waals surface area contributed by atoms with E-state index in [0.29, 0.717) is 0 Å². The van der Waals surface area contributed by atoms with Crippen molar-refractivity contribution in [2.45, 2.75) is 12.5 Å². The van der Waals surface area contributed by atoms with Crippen LogP contribution in [-0.2, 0) is 0 Å². The zero-order valence-electron chi connectivity index (χ0n) is 6.47. The van der Waals surface area contributed by atoms with E-state index in [1.807, 2.05) is 25.1 Å². The van der Waals surface area contributed by atoms with E-state index in [2.05, 4.69) is 4.98 Å². The van der Waals surface area contributed by atoms with Gasteiger partial charge >= 0.3 is 6.00 Å². The molecule has 1 aromatic heterocycles. The first-order valence-corrected chi connectivity index (χ1v) is 8.61. The zero-order valence-corrected chi connectivity index (χ0v) is 9.74. The summed E-state index contributed by atoms with van der Waals surface area (Å²) in [7, 11) is 0. The molecule has 0 saturated heterocycles. The van der Waals surface area contributed by atoms with Gasteiger partial charge in [0.15, 0.2) is 0 Å². The van der Waals surface area contributed by atoms with Crippen molar-refractivity contribution in [3.05, 3.63) is 30.1 Å². The molecule has 0 saturated carbocycles. The Labute approximate surface area is 86.8 Å². The summed E-state index contributed by atoms with van der Waals surface area (Å²) in [4.78, 5) is 4.13. The predicted molar refractivity (Wildman–Crippen MR) is 56.0 cm³/mol. The molecule has 0 aliphatic rings. The third kappa shape index (κ3) is 2.63. The molecule has 0 bridgehead atoms. The summed E-state index contributed by atoms with van der Waals surface area (Å²) in [6.07, 6.45) is 1.70. The normalized spacial score (nSPS) is 14.3. The van der Waals surface area contributed by atoms with Crippen molar-refractivity contribution in [1.29, 1.82) is 0 Å². The Morgan fingerprint density at radius 1 is 1.33 bits per heavy atom. The number of nitrogens with zero attached hydrogens (tertiary/aromatic N) is 1. The molecule has 5 heteroatoms. The largest absolute Gasteiger partial charge is 0.349 e. The number of hydrogen-bond acceptors (Lipinski definition) is 1. The second-order valence-electron chi connectivity index (χ2n) is 2.52. The van der Waals surface area contributed by atoms with Crippen molar-refractivity contribution < 1.29 is 0 Å². The van der Waals surface area contributed by atoms with Gasteiger partial charge in [-0.2, -0.15) is 0 Å². The minimum atomic E-state index is -2.65. The highest BCUT2D eigenvalue weighted by molar-refractivity contribution is 7.65. The van der Waals surface area contributed by atoms with Crippen molar-refractivity contribution in [3.63, 3.8) is 0 Å². The Morgan fingerprint density at radius 2 is 2.00 bits per heavy atom. The van der Waals surface area contributed by atoms with E-state index in [1.54, 1.807) is 6.20 Å². The topological polar surface area (TPSA) is 12.9 Å². The fraction of sp³-hybridized carbons (Fsp3) is 0.286. The molecule has 0 fully saturated rings. The van der Waals surface area contributed by atoms with Gasteiger partial charge in [0, 0.05) is 17.4 Å². The van der Waals surface area contributed by atoms with Crippen LogP contribution in [-0.4, -0.2) is 11.0 Å². The summed E-state index contributed by atoms with van der Waals surface area (Å²) in [5.74, 6) is 0. The lowest BCUT2D eigenvalue weighted by molar-refractivity contribution is 0.983. The van der Waals surface area contributed by atoms with Crippen LogP contribution in [0.1, 0.15) is 18.2 Å². The molecule has 1 rings (SSSR count). The molecule has 1 atom stereocenters. The lowest BCUT2D eigenvalue weighted by Gasteiger charge is -2.16. The molecule has 66 valence electrons. The second kappa shape index (κ2) is 3.96. The highest BCUT2D eigenvalue weighted by Gasteiger charge is 2.35. The van der Waals surface area contributed by atoms with Crippen molar-refractivity contribution >= 4 is 39.2 Å². The van der Waals surface area contributed by atoms with Crippen molar-refractivity contribution in [2.24, 2.45) is 0 Å².